The number of carboxylic acid groups (broad SMARTS) is 1. The maximum atomic E-state index is 12.8. The largest absolute Gasteiger partial charge is 0.481 e. The molecule has 5 saturated carbocycles. The molecule has 0 heterocycles. The molecule has 2 N–H and O–H groups in total. The van der Waals surface area contributed by atoms with E-state index in [0.29, 0.717) is 23.7 Å². The van der Waals surface area contributed by atoms with E-state index in [-0.39, 0.29) is 33.7 Å². The zero-order valence-corrected chi connectivity index (χ0v) is 24.0. The molecule has 3 nitrogen and oxygen atoms in total. The van der Waals surface area contributed by atoms with Gasteiger partial charge in [-0.05, 0) is 122 Å². The summed E-state index contributed by atoms with van der Waals surface area (Å²) in [5.41, 5.74) is 1.35. The molecule has 5 aliphatic carbocycles. The van der Waals surface area contributed by atoms with Crippen LogP contribution in [0.2, 0.25) is 0 Å². The molecule has 0 aliphatic heterocycles. The summed E-state index contributed by atoms with van der Waals surface area (Å²) < 4.78 is 0. The van der Waals surface area contributed by atoms with Crippen molar-refractivity contribution in [3.63, 3.8) is 0 Å². The van der Waals surface area contributed by atoms with Crippen LogP contribution in [0.5, 0.6) is 0 Å². The lowest BCUT2D eigenvalue weighted by Gasteiger charge is -2.72. The Morgan fingerprint density at radius 3 is 2.06 bits per heavy atom. The lowest BCUT2D eigenvalue weighted by molar-refractivity contribution is -0.248. The molecule has 5 aliphatic rings. The Morgan fingerprint density at radius 2 is 1.46 bits per heavy atom. The first-order valence-corrected chi connectivity index (χ1v) is 14.8. The van der Waals surface area contributed by atoms with Gasteiger partial charge in [0.05, 0.1) is 11.5 Å². The summed E-state index contributed by atoms with van der Waals surface area (Å²) in [5.74, 6) is 1.79. The number of allylic oxidation sites excluding steroid dienone is 1. The third-order valence-corrected chi connectivity index (χ3v) is 13.5. The molecule has 0 aromatic carbocycles. The smallest absolute Gasteiger partial charge is 0.309 e. The fourth-order valence-electron chi connectivity index (χ4n) is 11.5. The predicted molar refractivity (Wildman–Crippen MR) is 144 cm³/mol. The van der Waals surface area contributed by atoms with Crippen molar-refractivity contribution in [1.82, 2.24) is 0 Å². The number of aliphatic hydroxyl groups excluding tert-OH is 1. The SMILES string of the molecule is C=C(C)C1CCC2(C(=O)O)CC[C@]3(C)C(CCC4C5(C)CCC(O)C(C)(C)C5CCC43C)C12.CC. The molecular formula is C32H54O3. The van der Waals surface area contributed by atoms with Crippen molar-refractivity contribution in [2.24, 2.45) is 56.7 Å². The first-order chi connectivity index (χ1) is 16.3. The molecule has 0 radical (unpaired) electrons. The zero-order valence-electron chi connectivity index (χ0n) is 24.0. The Bertz CT molecular complexity index is 861. The van der Waals surface area contributed by atoms with Gasteiger partial charge in [0.25, 0.3) is 0 Å². The lowest BCUT2D eigenvalue weighted by atomic mass is 9.32. The minimum atomic E-state index is -0.538. The van der Waals surface area contributed by atoms with Gasteiger partial charge in [-0.2, -0.15) is 0 Å². The summed E-state index contributed by atoms with van der Waals surface area (Å²) in [5, 5.41) is 21.4. The van der Waals surface area contributed by atoms with Crippen molar-refractivity contribution in [3.05, 3.63) is 12.2 Å². The number of rotatable bonds is 2. The molecule has 5 fully saturated rings. The van der Waals surface area contributed by atoms with Crippen molar-refractivity contribution in [1.29, 1.82) is 0 Å². The highest BCUT2D eigenvalue weighted by atomic mass is 16.4. The van der Waals surface area contributed by atoms with Crippen LogP contribution in [-0.4, -0.2) is 22.3 Å². The minimum Gasteiger partial charge on any atom is -0.481 e. The maximum Gasteiger partial charge on any atom is 0.309 e. The van der Waals surface area contributed by atoms with Crippen LogP contribution in [0.1, 0.15) is 120 Å². The van der Waals surface area contributed by atoms with E-state index in [4.69, 9.17) is 0 Å². The van der Waals surface area contributed by atoms with Crippen molar-refractivity contribution in [3.8, 4) is 0 Å². The average Bonchev–Trinajstić information content (AvgIpc) is 3.20. The number of hydrogen-bond donors (Lipinski definition) is 2. The lowest BCUT2D eigenvalue weighted by Crippen LogP contribution is -2.67. The van der Waals surface area contributed by atoms with Crippen molar-refractivity contribution in [2.75, 3.05) is 0 Å². The van der Waals surface area contributed by atoms with Gasteiger partial charge >= 0.3 is 5.97 Å². The van der Waals surface area contributed by atoms with Crippen LogP contribution in [0.25, 0.3) is 0 Å². The van der Waals surface area contributed by atoms with Crippen LogP contribution >= 0.6 is 0 Å². The molecule has 0 aromatic rings. The fourth-order valence-corrected chi connectivity index (χ4v) is 11.5. The van der Waals surface area contributed by atoms with Crippen molar-refractivity contribution < 1.29 is 15.0 Å². The van der Waals surface area contributed by atoms with E-state index >= 15 is 0 Å². The quantitative estimate of drug-likeness (QED) is 0.387. The van der Waals surface area contributed by atoms with Gasteiger partial charge in [0.2, 0.25) is 0 Å². The molecule has 0 aromatic heterocycles. The van der Waals surface area contributed by atoms with Crippen LogP contribution < -0.4 is 0 Å². The molecule has 0 saturated heterocycles. The highest BCUT2D eigenvalue weighted by Crippen LogP contribution is 2.77. The molecule has 10 atom stereocenters. The Hall–Kier alpha value is -0.830. The van der Waals surface area contributed by atoms with Crippen LogP contribution in [0.4, 0.5) is 0 Å². The van der Waals surface area contributed by atoms with Crippen LogP contribution in [-0.2, 0) is 4.79 Å². The molecule has 0 amide bonds. The van der Waals surface area contributed by atoms with E-state index in [1.807, 2.05) is 13.8 Å². The molecular weight excluding hydrogens is 432 g/mol. The van der Waals surface area contributed by atoms with Gasteiger partial charge in [-0.15, -0.1) is 0 Å². The summed E-state index contributed by atoms with van der Waals surface area (Å²) in [4.78, 5) is 12.8. The van der Waals surface area contributed by atoms with Gasteiger partial charge in [0.15, 0.2) is 0 Å². The van der Waals surface area contributed by atoms with Crippen molar-refractivity contribution in [2.45, 2.75) is 126 Å². The fraction of sp³-hybridized carbons (Fsp3) is 0.906. The summed E-state index contributed by atoms with van der Waals surface area (Å²) in [6.45, 7) is 22.8. The van der Waals surface area contributed by atoms with Gasteiger partial charge in [0, 0.05) is 0 Å². The van der Waals surface area contributed by atoms with E-state index in [1.165, 1.54) is 31.3 Å². The molecule has 200 valence electrons. The number of hydrogen-bond acceptors (Lipinski definition) is 2. The van der Waals surface area contributed by atoms with E-state index in [2.05, 4.69) is 48.1 Å². The van der Waals surface area contributed by atoms with Crippen LogP contribution in [0.15, 0.2) is 12.2 Å². The van der Waals surface area contributed by atoms with Gasteiger partial charge < -0.3 is 10.2 Å². The second-order valence-electron chi connectivity index (χ2n) is 14.5. The Morgan fingerprint density at radius 1 is 0.800 bits per heavy atom. The van der Waals surface area contributed by atoms with Crippen molar-refractivity contribution >= 4 is 5.97 Å². The highest BCUT2D eigenvalue weighted by molar-refractivity contribution is 5.76. The first-order valence-electron chi connectivity index (χ1n) is 14.8. The summed E-state index contributed by atoms with van der Waals surface area (Å²) in [7, 11) is 0. The van der Waals surface area contributed by atoms with Crippen LogP contribution in [0.3, 0.4) is 0 Å². The summed E-state index contributed by atoms with van der Waals surface area (Å²) in [6, 6.07) is 0. The number of fused-ring (bicyclic) bond motifs is 7. The van der Waals surface area contributed by atoms with Gasteiger partial charge in [-0.3, -0.25) is 4.79 Å². The molecule has 0 bridgehead atoms. The number of aliphatic carboxylic acids is 1. The van der Waals surface area contributed by atoms with E-state index in [1.54, 1.807) is 0 Å². The number of carbonyl (C=O) groups is 1. The monoisotopic (exact) mass is 486 g/mol. The molecule has 0 spiro atoms. The third-order valence-electron chi connectivity index (χ3n) is 13.5. The second-order valence-corrected chi connectivity index (χ2v) is 14.5. The molecule has 3 heteroatoms. The molecule has 5 rings (SSSR count). The summed E-state index contributed by atoms with van der Waals surface area (Å²) in [6.07, 6.45) is 10.5. The standard InChI is InChI=1S/C30H48O3.C2H6/c1-18(2)19-10-15-30(25(32)33)17-16-28(6)20(24(19)30)8-9-22-27(5)13-12-23(31)26(3,4)21(27)11-14-29(22,28)7;1-2/h19-24,31H,1,8-17H2,2-7H3,(H,32,33);1-2H3/t19?,20?,21?,22?,23?,24?,27?,28-,29?,30?;/m1./s1. The number of carboxylic acids is 1. The third kappa shape index (κ3) is 3.34. The second kappa shape index (κ2) is 8.60. The maximum absolute atomic E-state index is 12.8. The first kappa shape index (κ1) is 27.2. The Labute approximate surface area is 215 Å². The van der Waals surface area contributed by atoms with E-state index in [9.17, 15) is 15.0 Å². The van der Waals surface area contributed by atoms with E-state index in [0.717, 1.165) is 38.5 Å². The average molecular weight is 487 g/mol. The topological polar surface area (TPSA) is 57.5 Å². The van der Waals surface area contributed by atoms with Crippen LogP contribution in [0, 0.1) is 56.7 Å². The number of aliphatic hydroxyl groups is 1. The highest BCUT2D eigenvalue weighted by Gasteiger charge is 2.71. The predicted octanol–water partition coefficient (Wildman–Crippen LogP) is 8.12. The Kier molecular flexibility index (Phi) is 6.69. The molecule has 35 heavy (non-hydrogen) atoms. The minimum absolute atomic E-state index is 0.0202. The summed E-state index contributed by atoms with van der Waals surface area (Å²) >= 11 is 0. The van der Waals surface area contributed by atoms with Gasteiger partial charge in [0.1, 0.15) is 0 Å². The molecule has 9 unspecified atom stereocenters. The van der Waals surface area contributed by atoms with Gasteiger partial charge in [-0.25, -0.2) is 0 Å². The van der Waals surface area contributed by atoms with Gasteiger partial charge in [-0.1, -0.05) is 60.6 Å². The zero-order chi connectivity index (χ0) is 26.2. The van der Waals surface area contributed by atoms with E-state index < -0.39 is 11.4 Å². The Balaban J connectivity index is 0.00000141. The normalized spacial score (nSPS) is 52.0.